The summed E-state index contributed by atoms with van der Waals surface area (Å²) in [5.41, 5.74) is 0.346. The Balaban J connectivity index is 2.56. The summed E-state index contributed by atoms with van der Waals surface area (Å²) in [6, 6.07) is 7.74. The van der Waals surface area contributed by atoms with Crippen LogP contribution in [0.15, 0.2) is 50.6 Å². The van der Waals surface area contributed by atoms with Gasteiger partial charge in [-0.25, -0.2) is 9.20 Å². The third-order valence-electron chi connectivity index (χ3n) is 4.30. The molecule has 0 radical (unpaired) electrons. The molecule has 1 unspecified atom stereocenters. The fraction of sp³-hybridized carbons (Fsp3) is 0.350. The second-order valence-electron chi connectivity index (χ2n) is 6.46. The molecule has 1 atom stereocenters. The molecular weight excluding hydrogens is 423 g/mol. The van der Waals surface area contributed by atoms with Crippen LogP contribution in [0.2, 0.25) is 5.02 Å². The molecule has 2 aromatic rings. The van der Waals surface area contributed by atoms with Gasteiger partial charge in [0.1, 0.15) is 0 Å². The van der Waals surface area contributed by atoms with E-state index in [0.29, 0.717) is 21.2 Å². The van der Waals surface area contributed by atoms with E-state index in [2.05, 4.69) is 9.36 Å². The van der Waals surface area contributed by atoms with E-state index >= 15 is 0 Å². The molecule has 0 spiro atoms. The van der Waals surface area contributed by atoms with Gasteiger partial charge in [-0.15, -0.1) is 0 Å². The van der Waals surface area contributed by atoms with Crippen LogP contribution in [0.1, 0.15) is 25.0 Å². The molecule has 0 saturated heterocycles. The molecule has 0 amide bonds. The van der Waals surface area contributed by atoms with Crippen LogP contribution >= 0.6 is 11.6 Å². The number of halogens is 4. The third-order valence-corrected chi connectivity index (χ3v) is 7.02. The predicted molar refractivity (Wildman–Crippen MR) is 113 cm³/mol. The highest BCUT2D eigenvalue weighted by Gasteiger charge is 2.30. The van der Waals surface area contributed by atoms with Crippen molar-refractivity contribution >= 4 is 39.0 Å². The highest BCUT2D eigenvalue weighted by Crippen LogP contribution is 2.35. The lowest BCUT2D eigenvalue weighted by molar-refractivity contribution is -0.137. The van der Waals surface area contributed by atoms with E-state index < -0.39 is 21.5 Å². The van der Waals surface area contributed by atoms with E-state index in [4.69, 9.17) is 11.6 Å². The average Bonchev–Trinajstić information content (AvgIpc) is 2.67. The molecule has 29 heavy (non-hydrogen) atoms. The van der Waals surface area contributed by atoms with Crippen LogP contribution in [0.5, 0.6) is 0 Å². The number of aliphatic imine (C=N–C) groups is 1. The normalized spacial score (nSPS) is 14.1. The molecule has 0 aliphatic rings. The van der Waals surface area contributed by atoms with Crippen molar-refractivity contribution < 1.29 is 17.4 Å². The fourth-order valence-electron chi connectivity index (χ4n) is 2.51. The van der Waals surface area contributed by atoms with Gasteiger partial charge in [0.05, 0.1) is 42.9 Å². The first kappa shape index (κ1) is 23.2. The first-order chi connectivity index (χ1) is 13.5. The molecule has 0 heterocycles. The number of rotatable bonds is 6. The topological polar surface area (TPSA) is 45.0 Å². The number of nitrogens with zero attached hydrogens (tertiary/aromatic N) is 3. The quantitative estimate of drug-likeness (QED) is 0.378. The number of hydrogen-bond acceptors (Lipinski definition) is 3. The zero-order chi connectivity index (χ0) is 21.8. The lowest BCUT2D eigenvalue weighted by Gasteiger charge is -2.14. The summed E-state index contributed by atoms with van der Waals surface area (Å²) in [5, 5.41) is 0.298. The van der Waals surface area contributed by atoms with Crippen molar-refractivity contribution in [3.05, 3.63) is 52.5 Å². The Bertz CT molecular complexity index is 1030. The summed E-state index contributed by atoms with van der Waals surface area (Å²) in [6.45, 7) is 6.19. The summed E-state index contributed by atoms with van der Waals surface area (Å²) in [5.74, 6) is 0.127. The largest absolute Gasteiger partial charge is 0.416 e. The van der Waals surface area contributed by atoms with Gasteiger partial charge in [-0.3, -0.25) is 0 Å². The molecule has 0 aromatic heterocycles. The molecule has 0 bridgehead atoms. The molecule has 0 aliphatic heterocycles. The van der Waals surface area contributed by atoms with Gasteiger partial charge in [0, 0.05) is 19.3 Å². The molecule has 158 valence electrons. The fourth-order valence-corrected chi connectivity index (χ4v) is 4.65. The molecular formula is C20H23ClF3N3OS. The van der Waals surface area contributed by atoms with Gasteiger partial charge in [-0.05, 0) is 49.7 Å². The van der Waals surface area contributed by atoms with Crippen molar-refractivity contribution in [2.24, 2.45) is 9.36 Å². The minimum atomic E-state index is -4.50. The van der Waals surface area contributed by atoms with Crippen LogP contribution < -0.4 is 0 Å². The Morgan fingerprint density at radius 3 is 2.48 bits per heavy atom. The SMILES string of the molecule is CCN(C)C=Nc1cc(C)c(S(=O)(CC)=Nc2cccc(C(F)(F)F)c2)cc1Cl. The monoisotopic (exact) mass is 445 g/mol. The Morgan fingerprint density at radius 2 is 1.90 bits per heavy atom. The second-order valence-corrected chi connectivity index (χ2v) is 9.34. The first-order valence-electron chi connectivity index (χ1n) is 8.97. The Kier molecular flexibility index (Phi) is 7.35. The minimum Gasteiger partial charge on any atom is -0.366 e. The van der Waals surface area contributed by atoms with Crippen molar-refractivity contribution in [3.63, 3.8) is 0 Å². The number of hydrogen-bond donors (Lipinski definition) is 0. The van der Waals surface area contributed by atoms with Gasteiger partial charge in [-0.1, -0.05) is 24.6 Å². The first-order valence-corrected chi connectivity index (χ1v) is 11.0. The van der Waals surface area contributed by atoms with Gasteiger partial charge < -0.3 is 4.90 Å². The Hall–Kier alpha value is -2.06. The van der Waals surface area contributed by atoms with E-state index in [9.17, 15) is 17.4 Å². The molecule has 0 aliphatic carbocycles. The summed E-state index contributed by atoms with van der Waals surface area (Å²) >= 11 is 6.33. The molecule has 9 heteroatoms. The van der Waals surface area contributed by atoms with Crippen LogP contribution in [0.3, 0.4) is 0 Å². The lowest BCUT2D eigenvalue weighted by Crippen LogP contribution is -2.14. The van der Waals surface area contributed by atoms with Gasteiger partial charge in [0.15, 0.2) is 0 Å². The van der Waals surface area contributed by atoms with Crippen molar-refractivity contribution in [2.45, 2.75) is 31.8 Å². The van der Waals surface area contributed by atoms with E-state index in [0.717, 1.165) is 18.7 Å². The predicted octanol–water partition coefficient (Wildman–Crippen LogP) is 6.46. The summed E-state index contributed by atoms with van der Waals surface area (Å²) in [7, 11) is -1.14. The van der Waals surface area contributed by atoms with Crippen molar-refractivity contribution in [3.8, 4) is 0 Å². The molecule has 2 rings (SSSR count). The van der Waals surface area contributed by atoms with Gasteiger partial charge in [0.25, 0.3) is 0 Å². The number of alkyl halides is 3. The molecule has 0 fully saturated rings. The van der Waals surface area contributed by atoms with E-state index in [1.54, 1.807) is 32.3 Å². The van der Waals surface area contributed by atoms with E-state index in [-0.39, 0.29) is 11.4 Å². The van der Waals surface area contributed by atoms with E-state index in [1.807, 2.05) is 18.9 Å². The van der Waals surface area contributed by atoms with Crippen molar-refractivity contribution in [1.82, 2.24) is 4.90 Å². The van der Waals surface area contributed by atoms with Crippen molar-refractivity contribution in [2.75, 3.05) is 19.3 Å². The summed E-state index contributed by atoms with van der Waals surface area (Å²) < 4.78 is 56.6. The molecule has 4 nitrogen and oxygen atoms in total. The Labute approximate surface area is 174 Å². The number of aryl methyl sites for hydroxylation is 1. The average molecular weight is 446 g/mol. The zero-order valence-corrected chi connectivity index (χ0v) is 18.2. The van der Waals surface area contributed by atoms with Gasteiger partial charge in [-0.2, -0.15) is 17.5 Å². The smallest absolute Gasteiger partial charge is 0.366 e. The van der Waals surface area contributed by atoms with Crippen LogP contribution in [0.4, 0.5) is 24.5 Å². The summed E-state index contributed by atoms with van der Waals surface area (Å²) in [4.78, 5) is 6.60. The van der Waals surface area contributed by atoms with Crippen molar-refractivity contribution in [1.29, 1.82) is 0 Å². The van der Waals surface area contributed by atoms with Gasteiger partial charge in [0.2, 0.25) is 0 Å². The minimum absolute atomic E-state index is 0.00821. The van der Waals surface area contributed by atoms with Crippen LogP contribution in [-0.4, -0.2) is 34.8 Å². The lowest BCUT2D eigenvalue weighted by atomic mass is 10.2. The maximum absolute atomic E-state index is 13.5. The van der Waals surface area contributed by atoms with Crippen LogP contribution in [0, 0.1) is 6.92 Å². The number of benzene rings is 2. The molecule has 2 aromatic carbocycles. The molecule has 0 saturated carbocycles. The maximum Gasteiger partial charge on any atom is 0.416 e. The van der Waals surface area contributed by atoms with E-state index in [1.165, 1.54) is 12.1 Å². The highest BCUT2D eigenvalue weighted by molar-refractivity contribution is 7.93. The van der Waals surface area contributed by atoms with Crippen LogP contribution in [-0.2, 0) is 15.9 Å². The third kappa shape index (κ3) is 5.73. The summed E-state index contributed by atoms with van der Waals surface area (Å²) in [6.07, 6.45) is -2.85. The second kappa shape index (κ2) is 9.17. The molecule has 0 N–H and O–H groups in total. The Morgan fingerprint density at radius 1 is 1.21 bits per heavy atom. The maximum atomic E-state index is 13.5. The standard InChI is InChI=1S/C20H23ClF3N3OS/c1-5-27(4)13-25-18-10-14(3)19(12-17(18)21)29(28,6-2)26-16-9-7-8-15(11-16)20(22,23)24/h7-13H,5-6H2,1-4H3. The highest BCUT2D eigenvalue weighted by atomic mass is 35.5. The van der Waals surface area contributed by atoms with Gasteiger partial charge >= 0.3 is 6.18 Å². The van der Waals surface area contributed by atoms with Crippen LogP contribution in [0.25, 0.3) is 0 Å². The zero-order valence-electron chi connectivity index (χ0n) is 16.6.